The molecule has 0 saturated carbocycles. The Kier molecular flexibility index (Phi) is 7.33. The summed E-state index contributed by atoms with van der Waals surface area (Å²) in [4.78, 5) is 27.8. The Bertz CT molecular complexity index is 571. The summed E-state index contributed by atoms with van der Waals surface area (Å²) in [5.41, 5.74) is 6.26. The van der Waals surface area contributed by atoms with Crippen LogP contribution >= 0.6 is 0 Å². The van der Waals surface area contributed by atoms with Gasteiger partial charge in [0.2, 0.25) is 11.8 Å². The molecule has 0 radical (unpaired) electrons. The highest BCUT2D eigenvalue weighted by atomic mass is 19.1. The van der Waals surface area contributed by atoms with Crippen LogP contribution in [0, 0.1) is 5.82 Å². The summed E-state index contributed by atoms with van der Waals surface area (Å²) in [7, 11) is 0. The van der Waals surface area contributed by atoms with Crippen LogP contribution in [0.15, 0.2) is 24.3 Å². The largest absolute Gasteiger partial charge is 0.368 e. The van der Waals surface area contributed by atoms with Crippen molar-refractivity contribution in [3.63, 3.8) is 0 Å². The van der Waals surface area contributed by atoms with Crippen molar-refractivity contribution >= 4 is 11.8 Å². The predicted molar refractivity (Wildman–Crippen MR) is 94.3 cm³/mol. The Balaban J connectivity index is 1.87. The van der Waals surface area contributed by atoms with Gasteiger partial charge in [-0.2, -0.15) is 0 Å². The zero-order valence-electron chi connectivity index (χ0n) is 14.7. The van der Waals surface area contributed by atoms with Gasteiger partial charge >= 0.3 is 0 Å². The van der Waals surface area contributed by atoms with Gasteiger partial charge in [-0.25, -0.2) is 4.39 Å². The second-order valence-corrected chi connectivity index (χ2v) is 6.37. The lowest BCUT2D eigenvalue weighted by Crippen LogP contribution is -2.52. The summed E-state index contributed by atoms with van der Waals surface area (Å²) in [5, 5.41) is 2.91. The van der Waals surface area contributed by atoms with Gasteiger partial charge in [0.25, 0.3) is 0 Å². The Morgan fingerprint density at radius 3 is 2.40 bits per heavy atom. The van der Waals surface area contributed by atoms with E-state index in [9.17, 15) is 14.0 Å². The third-order valence-electron chi connectivity index (χ3n) is 4.45. The van der Waals surface area contributed by atoms with Crippen LogP contribution in [0.1, 0.15) is 31.4 Å². The number of piperazine rings is 1. The monoisotopic (exact) mass is 350 g/mol. The van der Waals surface area contributed by atoms with Gasteiger partial charge in [0.05, 0.1) is 6.54 Å². The van der Waals surface area contributed by atoms with E-state index < -0.39 is 11.9 Å². The van der Waals surface area contributed by atoms with Crippen LogP contribution in [0.4, 0.5) is 4.39 Å². The molecular weight excluding hydrogens is 323 g/mol. The van der Waals surface area contributed by atoms with Crippen LogP contribution in [0.2, 0.25) is 0 Å². The lowest BCUT2D eigenvalue weighted by molar-refractivity contribution is -0.126. The molecule has 0 aliphatic carbocycles. The number of nitrogens with one attached hydrogen (secondary N) is 1. The molecule has 0 aromatic heterocycles. The van der Waals surface area contributed by atoms with E-state index in [1.54, 1.807) is 12.1 Å². The maximum absolute atomic E-state index is 13.1. The van der Waals surface area contributed by atoms with Crippen molar-refractivity contribution in [2.24, 2.45) is 5.73 Å². The predicted octanol–water partition coefficient (Wildman–Crippen LogP) is 0.886. The Hall–Kier alpha value is -1.99. The number of benzene rings is 1. The minimum atomic E-state index is -0.568. The van der Waals surface area contributed by atoms with Gasteiger partial charge in [-0.05, 0) is 24.1 Å². The van der Waals surface area contributed by atoms with Crippen LogP contribution < -0.4 is 11.1 Å². The smallest absolute Gasteiger partial charge is 0.239 e. The highest BCUT2D eigenvalue weighted by Gasteiger charge is 2.29. The van der Waals surface area contributed by atoms with Crippen molar-refractivity contribution in [2.75, 3.05) is 39.3 Å². The highest BCUT2D eigenvalue weighted by Crippen LogP contribution is 2.22. The van der Waals surface area contributed by atoms with E-state index in [1.165, 1.54) is 12.1 Å². The maximum Gasteiger partial charge on any atom is 0.239 e. The van der Waals surface area contributed by atoms with E-state index in [1.807, 2.05) is 4.90 Å². The molecule has 1 aromatic rings. The molecule has 1 heterocycles. The number of hydrogen-bond acceptors (Lipinski definition) is 4. The van der Waals surface area contributed by atoms with Gasteiger partial charge in [0.15, 0.2) is 0 Å². The molecule has 1 aliphatic rings. The average Bonchev–Trinajstić information content (AvgIpc) is 2.58. The molecule has 25 heavy (non-hydrogen) atoms. The van der Waals surface area contributed by atoms with Gasteiger partial charge in [0, 0.05) is 32.7 Å². The number of carbonyl (C=O) groups excluding carboxylic acids is 2. The molecule has 0 bridgehead atoms. The van der Waals surface area contributed by atoms with Gasteiger partial charge in [-0.3, -0.25) is 19.4 Å². The van der Waals surface area contributed by atoms with Crippen LogP contribution in [-0.2, 0) is 9.59 Å². The third kappa shape index (κ3) is 5.79. The highest BCUT2D eigenvalue weighted by molar-refractivity contribution is 5.81. The fraction of sp³-hybridized carbons (Fsp3) is 0.556. The van der Waals surface area contributed by atoms with Gasteiger partial charge in [-0.1, -0.05) is 25.5 Å². The zero-order valence-corrected chi connectivity index (χ0v) is 14.7. The molecule has 7 heteroatoms. The molecule has 1 atom stereocenters. The molecular formula is C18H27FN4O2. The van der Waals surface area contributed by atoms with Crippen LogP contribution in [0.5, 0.6) is 0 Å². The number of primary amides is 1. The molecule has 1 saturated heterocycles. The zero-order chi connectivity index (χ0) is 18.2. The van der Waals surface area contributed by atoms with Gasteiger partial charge in [0.1, 0.15) is 11.9 Å². The normalized spacial score (nSPS) is 17.2. The summed E-state index contributed by atoms with van der Waals surface area (Å²) in [6.07, 6.45) is 2.04. The molecule has 2 rings (SSSR count). The molecule has 1 fully saturated rings. The van der Waals surface area contributed by atoms with E-state index in [-0.39, 0.29) is 11.7 Å². The first kappa shape index (κ1) is 19.3. The number of unbranched alkanes of at least 4 members (excludes halogenated alkanes) is 1. The fourth-order valence-corrected chi connectivity index (χ4v) is 3.04. The summed E-state index contributed by atoms with van der Waals surface area (Å²) in [5.74, 6) is -0.755. The summed E-state index contributed by atoms with van der Waals surface area (Å²) in [6, 6.07) is 5.29. The molecule has 1 aromatic carbocycles. The topological polar surface area (TPSA) is 78.7 Å². The average molecular weight is 350 g/mol. The first-order chi connectivity index (χ1) is 12.0. The van der Waals surface area contributed by atoms with Gasteiger partial charge in [-0.15, -0.1) is 0 Å². The van der Waals surface area contributed by atoms with Crippen molar-refractivity contribution in [1.82, 2.24) is 15.1 Å². The van der Waals surface area contributed by atoms with E-state index in [0.717, 1.165) is 12.8 Å². The third-order valence-corrected chi connectivity index (χ3v) is 4.45. The van der Waals surface area contributed by atoms with Crippen molar-refractivity contribution in [1.29, 1.82) is 0 Å². The summed E-state index contributed by atoms with van der Waals surface area (Å²) < 4.78 is 13.1. The molecule has 0 spiro atoms. The van der Waals surface area contributed by atoms with Gasteiger partial charge < -0.3 is 11.1 Å². The van der Waals surface area contributed by atoms with Crippen LogP contribution in [0.25, 0.3) is 0 Å². The molecule has 1 aliphatic heterocycles. The van der Waals surface area contributed by atoms with E-state index in [2.05, 4.69) is 17.1 Å². The van der Waals surface area contributed by atoms with Crippen molar-refractivity contribution < 1.29 is 14.0 Å². The molecule has 138 valence electrons. The number of halogens is 1. The SMILES string of the molecule is CCCCNC(=O)CN1CCN(C(C(N)=O)c2ccc(F)cc2)CC1. The van der Waals surface area contributed by atoms with Crippen LogP contribution in [-0.4, -0.2) is 60.9 Å². The summed E-state index contributed by atoms with van der Waals surface area (Å²) >= 11 is 0. The number of rotatable bonds is 8. The van der Waals surface area contributed by atoms with Crippen molar-refractivity contribution in [2.45, 2.75) is 25.8 Å². The Labute approximate surface area is 148 Å². The first-order valence-corrected chi connectivity index (χ1v) is 8.79. The minimum absolute atomic E-state index is 0.0342. The lowest BCUT2D eigenvalue weighted by Gasteiger charge is -2.38. The van der Waals surface area contributed by atoms with Crippen LogP contribution in [0.3, 0.4) is 0 Å². The Morgan fingerprint density at radius 1 is 1.20 bits per heavy atom. The number of nitrogens with zero attached hydrogens (tertiary/aromatic N) is 2. The molecule has 2 amide bonds. The van der Waals surface area contributed by atoms with Crippen molar-refractivity contribution in [3.8, 4) is 0 Å². The standard InChI is InChI=1S/C18H27FN4O2/c1-2-3-8-21-16(24)13-22-9-11-23(12-10-22)17(18(20)25)14-4-6-15(19)7-5-14/h4-7,17H,2-3,8-13H2,1H3,(H2,20,25)(H,21,24). The quantitative estimate of drug-likeness (QED) is 0.683. The minimum Gasteiger partial charge on any atom is -0.368 e. The fourth-order valence-electron chi connectivity index (χ4n) is 3.04. The van der Waals surface area contributed by atoms with E-state index >= 15 is 0 Å². The number of amides is 2. The van der Waals surface area contributed by atoms with Crippen molar-refractivity contribution in [3.05, 3.63) is 35.6 Å². The second-order valence-electron chi connectivity index (χ2n) is 6.37. The summed E-state index contributed by atoms with van der Waals surface area (Å²) in [6.45, 7) is 5.80. The molecule has 3 N–H and O–H groups in total. The first-order valence-electron chi connectivity index (χ1n) is 8.79. The maximum atomic E-state index is 13.1. The van der Waals surface area contributed by atoms with E-state index in [0.29, 0.717) is 44.8 Å². The molecule has 1 unspecified atom stereocenters. The number of carbonyl (C=O) groups is 2. The second kappa shape index (κ2) is 9.48. The lowest BCUT2D eigenvalue weighted by atomic mass is 10.0. The van der Waals surface area contributed by atoms with E-state index in [4.69, 9.17) is 5.73 Å². The molecule has 6 nitrogen and oxygen atoms in total. The Morgan fingerprint density at radius 2 is 1.84 bits per heavy atom. The number of hydrogen-bond donors (Lipinski definition) is 2. The number of nitrogens with two attached hydrogens (primary N) is 1.